The lowest BCUT2D eigenvalue weighted by atomic mass is 9.96. The monoisotopic (exact) mass is 278 g/mol. The summed E-state index contributed by atoms with van der Waals surface area (Å²) >= 11 is 0. The number of carbonyl (C=O) groups is 2. The number of piperidine rings is 1. The molecule has 1 heterocycles. The largest absolute Gasteiger partial charge is 0.368 e. The number of primary amides is 1. The van der Waals surface area contributed by atoms with Gasteiger partial charge in [0.05, 0.1) is 12.1 Å². The minimum Gasteiger partial charge on any atom is -0.368 e. The Labute approximate surface area is 117 Å². The molecule has 0 aliphatic carbocycles. The van der Waals surface area contributed by atoms with Crippen molar-refractivity contribution in [2.24, 2.45) is 5.73 Å². The van der Waals surface area contributed by atoms with Crippen LogP contribution in [0.2, 0.25) is 0 Å². The van der Waals surface area contributed by atoms with Crippen molar-refractivity contribution in [3.63, 3.8) is 0 Å². The quantitative estimate of drug-likeness (QED) is 0.853. The molecule has 1 aromatic rings. The van der Waals surface area contributed by atoms with E-state index < -0.39 is 6.04 Å². The van der Waals surface area contributed by atoms with Crippen molar-refractivity contribution in [3.8, 4) is 0 Å². The maximum absolute atomic E-state index is 12.9. The van der Waals surface area contributed by atoms with Crippen LogP contribution in [0.5, 0.6) is 0 Å². The molecule has 2 atom stereocenters. The standard InChI is InChI=1S/C15H19FN2O2/c1-10(14(19)11-5-7-12(16)8-6-11)18-9-3-2-4-13(18)15(17)20/h5-8,10,13H,2-4,9H2,1H3,(H2,17,20). The molecular weight excluding hydrogens is 259 g/mol. The van der Waals surface area contributed by atoms with Crippen LogP contribution in [0, 0.1) is 5.82 Å². The van der Waals surface area contributed by atoms with Gasteiger partial charge in [-0.15, -0.1) is 0 Å². The highest BCUT2D eigenvalue weighted by Crippen LogP contribution is 2.21. The summed E-state index contributed by atoms with van der Waals surface area (Å²) in [5.41, 5.74) is 5.86. The van der Waals surface area contributed by atoms with E-state index >= 15 is 0 Å². The van der Waals surface area contributed by atoms with Gasteiger partial charge in [0.25, 0.3) is 0 Å². The van der Waals surface area contributed by atoms with Crippen molar-refractivity contribution in [3.05, 3.63) is 35.6 Å². The van der Waals surface area contributed by atoms with Crippen LogP contribution in [0.1, 0.15) is 36.5 Å². The number of Topliss-reactive ketones (excluding diaryl/α,β-unsaturated/α-hetero) is 1. The lowest BCUT2D eigenvalue weighted by Crippen LogP contribution is -2.53. The minimum atomic E-state index is -0.432. The third-order valence-electron chi connectivity index (χ3n) is 3.88. The van der Waals surface area contributed by atoms with E-state index in [0.29, 0.717) is 18.5 Å². The molecule has 108 valence electrons. The number of nitrogens with zero attached hydrogens (tertiary/aromatic N) is 1. The normalized spacial score (nSPS) is 21.4. The molecule has 4 nitrogen and oxygen atoms in total. The summed E-state index contributed by atoms with van der Waals surface area (Å²) in [4.78, 5) is 25.8. The van der Waals surface area contributed by atoms with Crippen LogP contribution in [-0.4, -0.2) is 35.2 Å². The van der Waals surface area contributed by atoms with Crippen molar-refractivity contribution >= 4 is 11.7 Å². The van der Waals surface area contributed by atoms with Crippen molar-refractivity contribution < 1.29 is 14.0 Å². The fraction of sp³-hybridized carbons (Fsp3) is 0.467. The molecule has 0 aromatic heterocycles. The molecule has 2 rings (SSSR count). The van der Waals surface area contributed by atoms with Gasteiger partial charge in [0, 0.05) is 5.56 Å². The molecule has 2 unspecified atom stereocenters. The highest BCUT2D eigenvalue weighted by Gasteiger charge is 2.33. The van der Waals surface area contributed by atoms with E-state index in [2.05, 4.69) is 0 Å². The van der Waals surface area contributed by atoms with E-state index in [1.54, 1.807) is 6.92 Å². The van der Waals surface area contributed by atoms with Crippen LogP contribution in [-0.2, 0) is 4.79 Å². The molecule has 1 aliphatic rings. The number of rotatable bonds is 4. The van der Waals surface area contributed by atoms with Crippen LogP contribution in [0.15, 0.2) is 24.3 Å². The average Bonchev–Trinajstić information content (AvgIpc) is 2.46. The van der Waals surface area contributed by atoms with Gasteiger partial charge in [0.2, 0.25) is 5.91 Å². The molecule has 0 spiro atoms. The van der Waals surface area contributed by atoms with Gasteiger partial charge >= 0.3 is 0 Å². The molecule has 5 heteroatoms. The lowest BCUT2D eigenvalue weighted by Gasteiger charge is -2.37. The van der Waals surface area contributed by atoms with Crippen molar-refractivity contribution in [1.82, 2.24) is 4.90 Å². The van der Waals surface area contributed by atoms with E-state index in [0.717, 1.165) is 12.8 Å². The molecule has 1 fully saturated rings. The summed E-state index contributed by atoms with van der Waals surface area (Å²) < 4.78 is 12.9. The summed E-state index contributed by atoms with van der Waals surface area (Å²) in [5.74, 6) is -0.871. The first-order valence-electron chi connectivity index (χ1n) is 6.85. The first-order chi connectivity index (χ1) is 9.50. The van der Waals surface area contributed by atoms with Crippen molar-refractivity contribution in [1.29, 1.82) is 0 Å². The number of nitrogens with two attached hydrogens (primary N) is 1. The average molecular weight is 278 g/mol. The van der Waals surface area contributed by atoms with E-state index in [4.69, 9.17) is 5.73 Å². The number of halogens is 1. The molecule has 1 saturated heterocycles. The summed E-state index contributed by atoms with van der Waals surface area (Å²) in [7, 11) is 0. The summed E-state index contributed by atoms with van der Waals surface area (Å²) in [6, 6.07) is 4.65. The van der Waals surface area contributed by atoms with Gasteiger partial charge in [-0.05, 0) is 50.6 Å². The second-order valence-corrected chi connectivity index (χ2v) is 5.20. The number of amides is 1. The maximum Gasteiger partial charge on any atom is 0.234 e. The predicted molar refractivity (Wildman–Crippen MR) is 73.7 cm³/mol. The number of likely N-dealkylation sites (tertiary alicyclic amines) is 1. The van der Waals surface area contributed by atoms with Gasteiger partial charge in [0.1, 0.15) is 5.82 Å². The summed E-state index contributed by atoms with van der Waals surface area (Å²) in [6.45, 7) is 2.45. The Kier molecular flexibility index (Phi) is 4.49. The van der Waals surface area contributed by atoms with Gasteiger partial charge in [-0.1, -0.05) is 6.42 Å². The third kappa shape index (κ3) is 3.04. The fourth-order valence-corrected chi connectivity index (χ4v) is 2.73. The smallest absolute Gasteiger partial charge is 0.234 e. The van der Waals surface area contributed by atoms with Crippen LogP contribution in [0.3, 0.4) is 0 Å². The number of benzene rings is 1. The summed E-state index contributed by atoms with van der Waals surface area (Å²) in [6.07, 6.45) is 2.59. The molecule has 1 amide bonds. The van der Waals surface area contributed by atoms with Crippen molar-refractivity contribution in [2.75, 3.05) is 6.54 Å². The Morgan fingerprint density at radius 1 is 1.30 bits per heavy atom. The predicted octanol–water partition coefficient (Wildman–Crippen LogP) is 1.74. The second-order valence-electron chi connectivity index (χ2n) is 5.20. The Hall–Kier alpha value is -1.75. The number of hydrogen-bond donors (Lipinski definition) is 1. The number of hydrogen-bond acceptors (Lipinski definition) is 3. The zero-order valence-corrected chi connectivity index (χ0v) is 11.5. The molecular formula is C15H19FN2O2. The molecule has 0 radical (unpaired) electrons. The van der Waals surface area contributed by atoms with E-state index in [9.17, 15) is 14.0 Å². The fourth-order valence-electron chi connectivity index (χ4n) is 2.73. The highest BCUT2D eigenvalue weighted by atomic mass is 19.1. The van der Waals surface area contributed by atoms with Crippen molar-refractivity contribution in [2.45, 2.75) is 38.3 Å². The van der Waals surface area contributed by atoms with Crippen LogP contribution >= 0.6 is 0 Å². The van der Waals surface area contributed by atoms with Crippen LogP contribution < -0.4 is 5.73 Å². The van der Waals surface area contributed by atoms with Gasteiger partial charge in [-0.3, -0.25) is 14.5 Å². The van der Waals surface area contributed by atoms with E-state index in [1.165, 1.54) is 24.3 Å². The molecule has 1 aliphatic heterocycles. The molecule has 0 bridgehead atoms. The Balaban J connectivity index is 2.16. The lowest BCUT2D eigenvalue weighted by molar-refractivity contribution is -0.124. The van der Waals surface area contributed by atoms with Gasteiger partial charge in [0.15, 0.2) is 5.78 Å². The third-order valence-corrected chi connectivity index (χ3v) is 3.88. The summed E-state index contributed by atoms with van der Waals surface area (Å²) in [5, 5.41) is 0. The first kappa shape index (κ1) is 14.7. The zero-order valence-electron chi connectivity index (χ0n) is 11.5. The maximum atomic E-state index is 12.9. The minimum absolute atomic E-state index is 0.113. The Morgan fingerprint density at radius 3 is 2.55 bits per heavy atom. The van der Waals surface area contributed by atoms with Gasteiger partial charge < -0.3 is 5.73 Å². The van der Waals surface area contributed by atoms with E-state index in [1.807, 2.05) is 4.90 Å². The second kappa shape index (κ2) is 6.13. The number of carbonyl (C=O) groups excluding carboxylic acids is 2. The molecule has 2 N–H and O–H groups in total. The zero-order chi connectivity index (χ0) is 14.7. The number of ketones is 1. The van der Waals surface area contributed by atoms with E-state index in [-0.39, 0.29) is 23.5 Å². The van der Waals surface area contributed by atoms with Gasteiger partial charge in [-0.2, -0.15) is 0 Å². The Bertz CT molecular complexity index is 501. The van der Waals surface area contributed by atoms with Crippen LogP contribution in [0.25, 0.3) is 0 Å². The molecule has 20 heavy (non-hydrogen) atoms. The topological polar surface area (TPSA) is 63.4 Å². The first-order valence-corrected chi connectivity index (χ1v) is 6.85. The van der Waals surface area contributed by atoms with Crippen LogP contribution in [0.4, 0.5) is 4.39 Å². The Morgan fingerprint density at radius 2 is 1.95 bits per heavy atom. The molecule has 0 saturated carbocycles. The molecule has 1 aromatic carbocycles. The van der Waals surface area contributed by atoms with Gasteiger partial charge in [-0.25, -0.2) is 4.39 Å². The highest BCUT2D eigenvalue weighted by molar-refractivity contribution is 6.00. The SMILES string of the molecule is CC(C(=O)c1ccc(F)cc1)N1CCCCC1C(N)=O.